The third-order valence-corrected chi connectivity index (χ3v) is 4.87. The third kappa shape index (κ3) is 4.27. The Morgan fingerprint density at radius 3 is 2.44 bits per heavy atom. The van der Waals surface area contributed by atoms with E-state index in [2.05, 4.69) is 20.3 Å². The lowest BCUT2D eigenvalue weighted by atomic mass is 9.97. The van der Waals surface area contributed by atoms with Gasteiger partial charge in [0.1, 0.15) is 11.5 Å². The van der Waals surface area contributed by atoms with Gasteiger partial charge in [-0.3, -0.25) is 9.97 Å². The fourth-order valence-electron chi connectivity index (χ4n) is 3.12. The standard InChI is InChI=1S/C22H20F2N6O2/c23-16-4-2-1-3-15(16)20(19(25)14-7-8-27-10-17(14)24)30-21(26)29-13-5-6-18(28-9-13)22(31)11-32-12-22/h1-10,31H,11-12,25H2,(H3,26,29,30)/b20-19-. The van der Waals surface area contributed by atoms with Crippen molar-refractivity contribution in [1.82, 2.24) is 9.97 Å². The Labute approximate surface area is 182 Å². The van der Waals surface area contributed by atoms with Crippen molar-refractivity contribution >= 4 is 23.0 Å². The van der Waals surface area contributed by atoms with Crippen molar-refractivity contribution < 1.29 is 18.6 Å². The van der Waals surface area contributed by atoms with Gasteiger partial charge in [-0.05, 0) is 30.3 Å². The fourth-order valence-corrected chi connectivity index (χ4v) is 3.12. The van der Waals surface area contributed by atoms with Crippen LogP contribution in [-0.4, -0.2) is 34.2 Å². The number of hydrogen-bond acceptors (Lipinski definition) is 6. The number of ether oxygens (including phenoxy) is 1. The number of hydrogen-bond donors (Lipinski definition) is 4. The summed E-state index contributed by atoms with van der Waals surface area (Å²) in [4.78, 5) is 12.1. The first kappa shape index (κ1) is 21.3. The maximum atomic E-state index is 14.5. The van der Waals surface area contributed by atoms with E-state index in [0.717, 1.165) is 6.20 Å². The lowest BCUT2D eigenvalue weighted by Gasteiger charge is -2.35. The first-order valence-electron chi connectivity index (χ1n) is 9.60. The summed E-state index contributed by atoms with van der Waals surface area (Å²) in [6.45, 7) is 0.357. The number of nitrogens with zero attached hydrogens (tertiary/aromatic N) is 3. The van der Waals surface area contributed by atoms with E-state index >= 15 is 0 Å². The van der Waals surface area contributed by atoms with Gasteiger partial charge in [0.25, 0.3) is 0 Å². The van der Waals surface area contributed by atoms with Gasteiger partial charge in [0.2, 0.25) is 0 Å². The van der Waals surface area contributed by atoms with Crippen molar-refractivity contribution in [3.8, 4) is 0 Å². The largest absolute Gasteiger partial charge is 0.396 e. The van der Waals surface area contributed by atoms with Crippen LogP contribution in [0, 0.1) is 11.6 Å². The number of benzene rings is 1. The summed E-state index contributed by atoms with van der Waals surface area (Å²) in [5.74, 6) is -1.40. The first-order valence-corrected chi connectivity index (χ1v) is 9.60. The summed E-state index contributed by atoms with van der Waals surface area (Å²) < 4.78 is 33.8. The quantitative estimate of drug-likeness (QED) is 0.355. The van der Waals surface area contributed by atoms with Crippen LogP contribution in [0.25, 0.3) is 11.4 Å². The number of anilines is 1. The van der Waals surface area contributed by atoms with Crippen LogP contribution in [0.4, 0.5) is 14.5 Å². The summed E-state index contributed by atoms with van der Waals surface area (Å²) in [5.41, 5.74) is 11.9. The monoisotopic (exact) mass is 438 g/mol. The van der Waals surface area contributed by atoms with Gasteiger partial charge in [-0.25, -0.2) is 13.8 Å². The zero-order valence-corrected chi connectivity index (χ0v) is 16.8. The molecule has 4 rings (SSSR count). The summed E-state index contributed by atoms with van der Waals surface area (Å²) in [7, 11) is 0. The van der Waals surface area contributed by atoms with E-state index in [-0.39, 0.29) is 41.7 Å². The Morgan fingerprint density at radius 1 is 1.03 bits per heavy atom. The predicted octanol–water partition coefficient (Wildman–Crippen LogP) is 2.18. The summed E-state index contributed by atoms with van der Waals surface area (Å²) in [6, 6.07) is 10.5. The fraction of sp³-hybridized carbons (Fsp3) is 0.136. The highest BCUT2D eigenvalue weighted by atomic mass is 19.1. The average molecular weight is 438 g/mol. The van der Waals surface area contributed by atoms with Crippen molar-refractivity contribution in [2.75, 3.05) is 18.5 Å². The minimum atomic E-state index is -1.10. The molecule has 1 aliphatic heterocycles. The van der Waals surface area contributed by atoms with Gasteiger partial charge in [-0.15, -0.1) is 0 Å². The number of aromatic nitrogens is 2. The molecular weight excluding hydrogens is 418 g/mol. The van der Waals surface area contributed by atoms with Crippen LogP contribution < -0.4 is 16.8 Å². The van der Waals surface area contributed by atoms with E-state index in [0.29, 0.717) is 11.4 Å². The average Bonchev–Trinajstić information content (AvgIpc) is 2.77. The summed E-state index contributed by atoms with van der Waals surface area (Å²) in [6.07, 6.45) is 3.83. The highest BCUT2D eigenvalue weighted by Crippen LogP contribution is 2.29. The van der Waals surface area contributed by atoms with Crippen molar-refractivity contribution in [3.05, 3.63) is 89.5 Å². The molecular formula is C22H20F2N6O2. The maximum absolute atomic E-state index is 14.5. The zero-order chi connectivity index (χ0) is 22.7. The number of aliphatic imine (C=N–C) groups is 1. The Bertz CT molecular complexity index is 1190. The predicted molar refractivity (Wildman–Crippen MR) is 116 cm³/mol. The topological polar surface area (TPSA) is 132 Å². The van der Waals surface area contributed by atoms with Gasteiger partial charge < -0.3 is 26.6 Å². The molecule has 1 aromatic carbocycles. The maximum Gasteiger partial charge on any atom is 0.198 e. The molecule has 0 unspecified atom stereocenters. The van der Waals surface area contributed by atoms with Crippen LogP contribution in [0.15, 0.2) is 66.0 Å². The molecule has 1 fully saturated rings. The lowest BCUT2D eigenvalue weighted by molar-refractivity contribution is -0.186. The smallest absolute Gasteiger partial charge is 0.198 e. The molecule has 8 nitrogen and oxygen atoms in total. The summed E-state index contributed by atoms with van der Waals surface area (Å²) in [5, 5.41) is 13.1. The molecule has 0 saturated carbocycles. The van der Waals surface area contributed by atoms with Crippen molar-refractivity contribution in [2.45, 2.75) is 5.60 Å². The van der Waals surface area contributed by atoms with Gasteiger partial charge >= 0.3 is 0 Å². The molecule has 2 aromatic heterocycles. The number of aliphatic hydroxyl groups is 1. The number of halogens is 2. The summed E-state index contributed by atoms with van der Waals surface area (Å²) >= 11 is 0. The van der Waals surface area contributed by atoms with Crippen molar-refractivity contribution in [3.63, 3.8) is 0 Å². The third-order valence-electron chi connectivity index (χ3n) is 4.87. The molecule has 3 aromatic rings. The number of nitrogens with one attached hydrogen (secondary N) is 1. The molecule has 0 atom stereocenters. The SMILES string of the molecule is NC(=N/C(=C(\N)c1ccncc1F)c1ccccc1F)Nc1ccc(C2(O)COC2)nc1. The van der Waals surface area contributed by atoms with E-state index in [4.69, 9.17) is 16.2 Å². The van der Waals surface area contributed by atoms with Gasteiger partial charge in [0.15, 0.2) is 17.4 Å². The van der Waals surface area contributed by atoms with Crippen LogP contribution in [0.2, 0.25) is 0 Å². The molecule has 32 heavy (non-hydrogen) atoms. The Kier molecular flexibility index (Phi) is 5.80. The molecule has 0 radical (unpaired) electrons. The van der Waals surface area contributed by atoms with Crippen LogP contribution in [0.1, 0.15) is 16.8 Å². The van der Waals surface area contributed by atoms with E-state index < -0.39 is 17.2 Å². The second kappa shape index (κ2) is 8.69. The van der Waals surface area contributed by atoms with Crippen LogP contribution in [0.3, 0.4) is 0 Å². The molecule has 0 amide bonds. The molecule has 10 heteroatoms. The zero-order valence-electron chi connectivity index (χ0n) is 16.8. The number of guanidine groups is 1. The van der Waals surface area contributed by atoms with Crippen LogP contribution in [0.5, 0.6) is 0 Å². The molecule has 164 valence electrons. The van der Waals surface area contributed by atoms with Gasteiger partial charge in [-0.1, -0.05) is 12.1 Å². The van der Waals surface area contributed by atoms with Crippen LogP contribution in [-0.2, 0) is 10.3 Å². The minimum absolute atomic E-state index is 0.0109. The normalized spacial score (nSPS) is 16.2. The molecule has 0 aliphatic carbocycles. The van der Waals surface area contributed by atoms with E-state index in [9.17, 15) is 13.9 Å². The number of rotatable bonds is 5. The van der Waals surface area contributed by atoms with Gasteiger partial charge in [0, 0.05) is 17.3 Å². The van der Waals surface area contributed by atoms with E-state index in [1.54, 1.807) is 18.2 Å². The van der Waals surface area contributed by atoms with Gasteiger partial charge in [0.05, 0.1) is 42.7 Å². The van der Waals surface area contributed by atoms with Crippen molar-refractivity contribution in [2.24, 2.45) is 16.5 Å². The molecule has 1 saturated heterocycles. The second-order valence-corrected chi connectivity index (χ2v) is 7.18. The Balaban J connectivity index is 1.68. The van der Waals surface area contributed by atoms with Gasteiger partial charge in [-0.2, -0.15) is 0 Å². The Hall–Kier alpha value is -3.89. The molecule has 6 N–H and O–H groups in total. The first-order chi connectivity index (χ1) is 15.4. The molecule has 0 bridgehead atoms. The molecule has 0 spiro atoms. The van der Waals surface area contributed by atoms with Crippen LogP contribution >= 0.6 is 0 Å². The van der Waals surface area contributed by atoms with Crippen molar-refractivity contribution in [1.29, 1.82) is 0 Å². The number of nitrogens with two attached hydrogens (primary N) is 2. The highest BCUT2D eigenvalue weighted by Gasteiger charge is 2.39. The molecule has 1 aliphatic rings. The number of pyridine rings is 2. The van der Waals surface area contributed by atoms with E-state index in [1.807, 2.05) is 0 Å². The van der Waals surface area contributed by atoms with E-state index in [1.165, 1.54) is 36.7 Å². The minimum Gasteiger partial charge on any atom is -0.396 e. The highest BCUT2D eigenvalue weighted by molar-refractivity contribution is 6.00. The second-order valence-electron chi connectivity index (χ2n) is 7.18. The Morgan fingerprint density at radius 2 is 1.81 bits per heavy atom. The molecule has 3 heterocycles. The lowest BCUT2D eigenvalue weighted by Crippen LogP contribution is -2.47.